The topological polar surface area (TPSA) is 29.1 Å². The van der Waals surface area contributed by atoms with Gasteiger partial charge in [0.05, 0.1) is 0 Å². The van der Waals surface area contributed by atoms with E-state index in [9.17, 15) is 4.79 Å². The molecule has 0 bridgehead atoms. The lowest BCUT2D eigenvalue weighted by molar-refractivity contribution is -0.119. The van der Waals surface area contributed by atoms with Gasteiger partial charge in [-0.05, 0) is 67.8 Å². The predicted molar refractivity (Wildman–Crippen MR) is 77.4 cm³/mol. The van der Waals surface area contributed by atoms with Crippen LogP contribution in [-0.4, -0.2) is 18.9 Å². The van der Waals surface area contributed by atoms with E-state index in [4.69, 9.17) is 0 Å². The van der Waals surface area contributed by atoms with Crippen molar-refractivity contribution >= 4 is 5.78 Å². The number of hydrogen-bond donors (Lipinski definition) is 1. The summed E-state index contributed by atoms with van der Waals surface area (Å²) < 4.78 is 0. The van der Waals surface area contributed by atoms with Gasteiger partial charge in [0.2, 0.25) is 0 Å². The quantitative estimate of drug-likeness (QED) is 0.898. The van der Waals surface area contributed by atoms with Gasteiger partial charge in [-0.15, -0.1) is 0 Å². The first-order chi connectivity index (χ1) is 9.31. The fraction of sp³-hybridized carbons (Fsp3) is 0.588. The van der Waals surface area contributed by atoms with Crippen LogP contribution in [0.25, 0.3) is 0 Å². The van der Waals surface area contributed by atoms with Crippen LogP contribution >= 0.6 is 0 Å². The minimum absolute atomic E-state index is 0.409. The van der Waals surface area contributed by atoms with Crippen molar-refractivity contribution in [2.75, 3.05) is 13.1 Å². The van der Waals surface area contributed by atoms with Gasteiger partial charge >= 0.3 is 0 Å². The van der Waals surface area contributed by atoms with Crippen LogP contribution in [0.4, 0.5) is 0 Å². The molecule has 0 amide bonds. The number of fused-ring (bicyclic) bond motifs is 1. The maximum Gasteiger partial charge on any atom is 0.137 e. The molecule has 2 nitrogen and oxygen atoms in total. The number of nitrogens with one attached hydrogen (secondary N) is 1. The highest BCUT2D eigenvalue weighted by molar-refractivity contribution is 5.81. The maximum atomic E-state index is 12.2. The van der Waals surface area contributed by atoms with E-state index in [1.807, 2.05) is 0 Å². The van der Waals surface area contributed by atoms with Gasteiger partial charge in [0.1, 0.15) is 5.78 Å². The molecule has 2 heteroatoms. The molecule has 0 radical (unpaired) electrons. The summed E-state index contributed by atoms with van der Waals surface area (Å²) in [4.78, 5) is 12.2. The lowest BCUT2D eigenvalue weighted by atomic mass is 9.92. The molecule has 1 heterocycles. The molecule has 0 saturated carbocycles. The first-order valence-corrected chi connectivity index (χ1v) is 7.64. The molecule has 1 aromatic carbocycles. The third-order valence-electron chi connectivity index (χ3n) is 4.48. The van der Waals surface area contributed by atoms with Crippen LogP contribution < -0.4 is 5.32 Å². The Morgan fingerprint density at radius 3 is 2.95 bits per heavy atom. The van der Waals surface area contributed by atoms with Crippen LogP contribution in [-0.2, 0) is 24.1 Å². The standard InChI is InChI=1S/C17H23NO/c19-17(11-14-3-2-8-18-12-14)10-13-6-7-15-4-1-5-16(15)9-13/h6-7,9,14,18H,1-5,8,10-12H2. The van der Waals surface area contributed by atoms with Gasteiger partial charge in [0.25, 0.3) is 0 Å². The van der Waals surface area contributed by atoms with E-state index in [1.54, 1.807) is 0 Å². The van der Waals surface area contributed by atoms with E-state index in [1.165, 1.54) is 48.8 Å². The Balaban J connectivity index is 1.56. The highest BCUT2D eigenvalue weighted by Gasteiger charge is 2.17. The average molecular weight is 257 g/mol. The van der Waals surface area contributed by atoms with Crippen molar-refractivity contribution in [1.29, 1.82) is 0 Å². The zero-order valence-electron chi connectivity index (χ0n) is 11.6. The Kier molecular flexibility index (Phi) is 3.97. The van der Waals surface area contributed by atoms with Crippen molar-refractivity contribution in [1.82, 2.24) is 5.32 Å². The lowest BCUT2D eigenvalue weighted by Crippen LogP contribution is -2.31. The highest BCUT2D eigenvalue weighted by Crippen LogP contribution is 2.23. The van der Waals surface area contributed by atoms with Crippen LogP contribution in [0.5, 0.6) is 0 Å². The third kappa shape index (κ3) is 3.24. The van der Waals surface area contributed by atoms with Gasteiger partial charge in [-0.1, -0.05) is 18.2 Å². The first-order valence-electron chi connectivity index (χ1n) is 7.64. The second-order valence-electron chi connectivity index (χ2n) is 6.09. The summed E-state index contributed by atoms with van der Waals surface area (Å²) in [5.41, 5.74) is 4.19. The number of carbonyl (C=O) groups excluding carboxylic acids is 1. The molecular weight excluding hydrogens is 234 g/mol. The Morgan fingerprint density at radius 1 is 1.21 bits per heavy atom. The molecule has 1 N–H and O–H groups in total. The van der Waals surface area contributed by atoms with Crippen molar-refractivity contribution in [3.8, 4) is 0 Å². The van der Waals surface area contributed by atoms with E-state index >= 15 is 0 Å². The fourth-order valence-corrected chi connectivity index (χ4v) is 3.46. The van der Waals surface area contributed by atoms with Gasteiger partial charge in [0.15, 0.2) is 0 Å². The number of Topliss-reactive ketones (excluding diaryl/α,β-unsaturated/α-hetero) is 1. The third-order valence-corrected chi connectivity index (χ3v) is 4.48. The highest BCUT2D eigenvalue weighted by atomic mass is 16.1. The van der Waals surface area contributed by atoms with E-state index in [2.05, 4.69) is 23.5 Å². The van der Waals surface area contributed by atoms with Crippen molar-refractivity contribution in [2.24, 2.45) is 5.92 Å². The van der Waals surface area contributed by atoms with Crippen LogP contribution in [0.3, 0.4) is 0 Å². The summed E-state index contributed by atoms with van der Waals surface area (Å²) in [5.74, 6) is 0.974. The number of rotatable bonds is 4. The van der Waals surface area contributed by atoms with Crippen LogP contribution in [0.2, 0.25) is 0 Å². The molecule has 3 rings (SSSR count). The second-order valence-corrected chi connectivity index (χ2v) is 6.09. The van der Waals surface area contributed by atoms with Crippen molar-refractivity contribution in [2.45, 2.75) is 44.9 Å². The number of benzene rings is 1. The molecule has 1 unspecified atom stereocenters. The minimum atomic E-state index is 0.409. The molecular formula is C17H23NO. The SMILES string of the molecule is O=C(Cc1ccc2c(c1)CCC2)CC1CCCNC1. The zero-order chi connectivity index (χ0) is 13.1. The smallest absolute Gasteiger partial charge is 0.137 e. The number of aryl methyl sites for hydroxylation is 2. The second kappa shape index (κ2) is 5.87. The normalized spacial score (nSPS) is 22.2. The summed E-state index contributed by atoms with van der Waals surface area (Å²) in [6.45, 7) is 2.14. The molecule has 1 atom stereocenters. The number of carbonyl (C=O) groups is 1. The first kappa shape index (κ1) is 12.9. The Morgan fingerprint density at radius 2 is 2.11 bits per heavy atom. The van der Waals surface area contributed by atoms with Crippen LogP contribution in [0.15, 0.2) is 18.2 Å². The molecule has 19 heavy (non-hydrogen) atoms. The fourth-order valence-electron chi connectivity index (χ4n) is 3.46. The lowest BCUT2D eigenvalue weighted by Gasteiger charge is -2.21. The van der Waals surface area contributed by atoms with Crippen molar-refractivity contribution < 1.29 is 4.79 Å². The molecule has 1 aromatic rings. The van der Waals surface area contributed by atoms with Gasteiger partial charge in [0, 0.05) is 12.8 Å². The number of ketones is 1. The number of hydrogen-bond acceptors (Lipinski definition) is 2. The van der Waals surface area contributed by atoms with Gasteiger partial charge in [-0.3, -0.25) is 4.79 Å². The van der Waals surface area contributed by atoms with Crippen LogP contribution in [0.1, 0.15) is 42.4 Å². The molecule has 0 aromatic heterocycles. The Bertz CT molecular complexity index is 460. The zero-order valence-corrected chi connectivity index (χ0v) is 11.6. The molecule has 102 valence electrons. The maximum absolute atomic E-state index is 12.2. The average Bonchev–Trinajstić information content (AvgIpc) is 2.87. The minimum Gasteiger partial charge on any atom is -0.316 e. The predicted octanol–water partition coefficient (Wildman–Crippen LogP) is 2.68. The monoisotopic (exact) mass is 257 g/mol. The summed E-state index contributed by atoms with van der Waals surface area (Å²) in [5, 5.41) is 3.39. The Hall–Kier alpha value is -1.15. The molecule has 1 saturated heterocycles. The summed E-state index contributed by atoms with van der Waals surface area (Å²) in [7, 11) is 0. The van der Waals surface area contributed by atoms with Crippen molar-refractivity contribution in [3.05, 3.63) is 34.9 Å². The van der Waals surface area contributed by atoms with E-state index < -0.39 is 0 Å². The molecule has 1 aliphatic heterocycles. The Labute approximate surface area is 115 Å². The van der Waals surface area contributed by atoms with Crippen molar-refractivity contribution in [3.63, 3.8) is 0 Å². The summed E-state index contributed by atoms with van der Waals surface area (Å²) >= 11 is 0. The van der Waals surface area contributed by atoms with E-state index in [0.717, 1.165) is 19.5 Å². The number of piperidine rings is 1. The van der Waals surface area contributed by atoms with E-state index in [0.29, 0.717) is 18.1 Å². The molecule has 1 fully saturated rings. The largest absolute Gasteiger partial charge is 0.316 e. The van der Waals surface area contributed by atoms with Gasteiger partial charge in [-0.2, -0.15) is 0 Å². The summed E-state index contributed by atoms with van der Waals surface area (Å²) in [6, 6.07) is 6.65. The molecule has 2 aliphatic rings. The summed E-state index contributed by atoms with van der Waals surface area (Å²) in [6.07, 6.45) is 7.51. The molecule has 1 aliphatic carbocycles. The van der Waals surface area contributed by atoms with Gasteiger partial charge < -0.3 is 5.32 Å². The van der Waals surface area contributed by atoms with Gasteiger partial charge in [-0.25, -0.2) is 0 Å². The van der Waals surface area contributed by atoms with E-state index in [-0.39, 0.29) is 0 Å². The molecule has 0 spiro atoms. The van der Waals surface area contributed by atoms with Crippen LogP contribution in [0, 0.1) is 5.92 Å².